The third-order valence-corrected chi connectivity index (χ3v) is 3.53. The van der Waals surface area contributed by atoms with Crippen molar-refractivity contribution in [2.45, 2.75) is 59.5 Å². The van der Waals surface area contributed by atoms with Gasteiger partial charge in [-0.1, -0.05) is 20.8 Å². The average molecular weight is 214 g/mol. The Labute approximate surface area is 96.4 Å². The van der Waals surface area contributed by atoms with Crippen LogP contribution < -0.4 is 5.32 Å². The zero-order valence-corrected chi connectivity index (χ0v) is 11.5. The van der Waals surface area contributed by atoms with Gasteiger partial charge in [-0.05, 0) is 52.7 Å². The molecule has 2 atom stereocenters. The highest BCUT2D eigenvalue weighted by Crippen LogP contribution is 2.14. The molecule has 0 radical (unpaired) electrons. The minimum atomic E-state index is 0.680. The molecule has 0 aliphatic heterocycles. The molecule has 0 saturated heterocycles. The van der Waals surface area contributed by atoms with Crippen LogP contribution in [-0.4, -0.2) is 37.1 Å². The molecule has 0 aliphatic rings. The molecule has 0 aromatic heterocycles. The van der Waals surface area contributed by atoms with E-state index in [2.05, 4.69) is 51.9 Å². The van der Waals surface area contributed by atoms with E-state index in [4.69, 9.17) is 0 Å². The molecule has 0 fully saturated rings. The molecular weight excluding hydrogens is 184 g/mol. The zero-order chi connectivity index (χ0) is 11.8. The van der Waals surface area contributed by atoms with E-state index in [9.17, 15) is 0 Å². The normalized spacial score (nSPS) is 16.0. The highest BCUT2D eigenvalue weighted by Gasteiger charge is 2.17. The summed E-state index contributed by atoms with van der Waals surface area (Å²) in [6.45, 7) is 13.7. The van der Waals surface area contributed by atoms with Crippen molar-refractivity contribution in [1.82, 2.24) is 10.2 Å². The minimum Gasteiger partial charge on any atom is -0.317 e. The van der Waals surface area contributed by atoms with Gasteiger partial charge in [0, 0.05) is 12.1 Å². The second kappa shape index (κ2) is 8.12. The number of nitrogens with one attached hydrogen (secondary N) is 1. The van der Waals surface area contributed by atoms with Gasteiger partial charge < -0.3 is 10.2 Å². The predicted octanol–water partition coefficient (Wildman–Crippen LogP) is 2.74. The Bertz CT molecular complexity index is 145. The van der Waals surface area contributed by atoms with E-state index in [0.29, 0.717) is 12.1 Å². The molecule has 0 rings (SSSR count). The maximum Gasteiger partial charge on any atom is 0.00896 e. The van der Waals surface area contributed by atoms with Gasteiger partial charge in [0.1, 0.15) is 0 Å². The van der Waals surface area contributed by atoms with Crippen LogP contribution in [0.3, 0.4) is 0 Å². The summed E-state index contributed by atoms with van der Waals surface area (Å²) in [5.74, 6) is 0.742. The topological polar surface area (TPSA) is 15.3 Å². The molecule has 92 valence electrons. The Balaban J connectivity index is 3.73. The van der Waals surface area contributed by atoms with Gasteiger partial charge in [0.05, 0.1) is 0 Å². The maximum absolute atomic E-state index is 3.38. The second-order valence-corrected chi connectivity index (χ2v) is 4.99. The van der Waals surface area contributed by atoms with Crippen LogP contribution in [0.25, 0.3) is 0 Å². The summed E-state index contributed by atoms with van der Waals surface area (Å²) in [5, 5.41) is 3.38. The highest BCUT2D eigenvalue weighted by molar-refractivity contribution is 4.72. The third-order valence-electron chi connectivity index (χ3n) is 3.53. The molecule has 0 saturated carbocycles. The van der Waals surface area contributed by atoms with Crippen LogP contribution >= 0.6 is 0 Å². The standard InChI is InChI=1S/C13H30N2/c1-7-14-10-8-9-12(4)15(6)13(5)11(2)3/h11-14H,7-10H2,1-6H3. The van der Waals surface area contributed by atoms with E-state index in [1.807, 2.05) is 0 Å². The molecule has 2 heteroatoms. The predicted molar refractivity (Wildman–Crippen MR) is 69.3 cm³/mol. The fourth-order valence-electron chi connectivity index (χ4n) is 1.77. The molecule has 1 N–H and O–H groups in total. The molecule has 0 aromatic carbocycles. The lowest BCUT2D eigenvalue weighted by Crippen LogP contribution is -2.40. The number of hydrogen-bond acceptors (Lipinski definition) is 2. The summed E-state index contributed by atoms with van der Waals surface area (Å²) in [7, 11) is 2.25. The maximum atomic E-state index is 3.38. The first-order chi connectivity index (χ1) is 7.00. The quantitative estimate of drug-likeness (QED) is 0.625. The zero-order valence-electron chi connectivity index (χ0n) is 11.5. The number of nitrogens with zero attached hydrogens (tertiary/aromatic N) is 1. The molecular formula is C13H30N2. The van der Waals surface area contributed by atoms with E-state index in [0.717, 1.165) is 19.0 Å². The average Bonchev–Trinajstić information content (AvgIpc) is 2.21. The summed E-state index contributed by atoms with van der Waals surface area (Å²) in [6, 6.07) is 1.38. The van der Waals surface area contributed by atoms with E-state index < -0.39 is 0 Å². The monoisotopic (exact) mass is 214 g/mol. The Morgan fingerprint density at radius 2 is 1.73 bits per heavy atom. The minimum absolute atomic E-state index is 0.680. The van der Waals surface area contributed by atoms with E-state index in [1.54, 1.807) is 0 Å². The SMILES string of the molecule is CCNCCCC(C)N(C)C(C)C(C)C. The summed E-state index contributed by atoms with van der Waals surface area (Å²) in [6.07, 6.45) is 2.57. The summed E-state index contributed by atoms with van der Waals surface area (Å²) in [5.41, 5.74) is 0. The van der Waals surface area contributed by atoms with Crippen LogP contribution in [0.2, 0.25) is 0 Å². The van der Waals surface area contributed by atoms with Crippen LogP contribution in [0, 0.1) is 5.92 Å². The van der Waals surface area contributed by atoms with Crippen molar-refractivity contribution in [2.75, 3.05) is 20.1 Å². The molecule has 0 aromatic rings. The van der Waals surface area contributed by atoms with Crippen LogP contribution in [0.5, 0.6) is 0 Å². The summed E-state index contributed by atoms with van der Waals surface area (Å²) in [4.78, 5) is 2.51. The summed E-state index contributed by atoms with van der Waals surface area (Å²) < 4.78 is 0. The lowest BCUT2D eigenvalue weighted by Gasteiger charge is -2.33. The van der Waals surface area contributed by atoms with Gasteiger partial charge in [0.15, 0.2) is 0 Å². The Morgan fingerprint density at radius 1 is 1.13 bits per heavy atom. The number of hydrogen-bond donors (Lipinski definition) is 1. The molecule has 2 unspecified atom stereocenters. The summed E-state index contributed by atoms with van der Waals surface area (Å²) >= 11 is 0. The van der Waals surface area contributed by atoms with Crippen molar-refractivity contribution in [1.29, 1.82) is 0 Å². The van der Waals surface area contributed by atoms with Gasteiger partial charge in [-0.3, -0.25) is 0 Å². The first-order valence-electron chi connectivity index (χ1n) is 6.43. The van der Waals surface area contributed by atoms with Crippen molar-refractivity contribution in [3.8, 4) is 0 Å². The van der Waals surface area contributed by atoms with Crippen molar-refractivity contribution in [3.05, 3.63) is 0 Å². The number of rotatable bonds is 8. The van der Waals surface area contributed by atoms with Crippen LogP contribution in [0.15, 0.2) is 0 Å². The molecule has 0 amide bonds. The van der Waals surface area contributed by atoms with Crippen molar-refractivity contribution in [3.63, 3.8) is 0 Å². The van der Waals surface area contributed by atoms with Crippen molar-refractivity contribution < 1.29 is 0 Å². The lowest BCUT2D eigenvalue weighted by atomic mass is 10.0. The van der Waals surface area contributed by atoms with E-state index >= 15 is 0 Å². The first-order valence-corrected chi connectivity index (χ1v) is 6.43. The highest BCUT2D eigenvalue weighted by atomic mass is 15.2. The molecule has 0 bridgehead atoms. The van der Waals surface area contributed by atoms with E-state index in [-0.39, 0.29) is 0 Å². The van der Waals surface area contributed by atoms with Gasteiger partial charge in [0.25, 0.3) is 0 Å². The molecule has 0 heterocycles. The first kappa shape index (κ1) is 14.9. The Morgan fingerprint density at radius 3 is 2.20 bits per heavy atom. The van der Waals surface area contributed by atoms with E-state index in [1.165, 1.54) is 12.8 Å². The van der Waals surface area contributed by atoms with Gasteiger partial charge in [-0.15, -0.1) is 0 Å². The van der Waals surface area contributed by atoms with Gasteiger partial charge in [-0.25, -0.2) is 0 Å². The lowest BCUT2D eigenvalue weighted by molar-refractivity contribution is 0.149. The largest absolute Gasteiger partial charge is 0.317 e. The fraction of sp³-hybridized carbons (Fsp3) is 1.00. The van der Waals surface area contributed by atoms with Crippen LogP contribution in [-0.2, 0) is 0 Å². The Kier molecular flexibility index (Phi) is 8.07. The van der Waals surface area contributed by atoms with Crippen LogP contribution in [0.4, 0.5) is 0 Å². The molecule has 0 spiro atoms. The van der Waals surface area contributed by atoms with Gasteiger partial charge >= 0.3 is 0 Å². The third kappa shape index (κ3) is 6.16. The second-order valence-electron chi connectivity index (χ2n) is 4.99. The smallest absolute Gasteiger partial charge is 0.00896 e. The molecule has 15 heavy (non-hydrogen) atoms. The van der Waals surface area contributed by atoms with Crippen molar-refractivity contribution >= 4 is 0 Å². The Hall–Kier alpha value is -0.0800. The van der Waals surface area contributed by atoms with Gasteiger partial charge in [-0.2, -0.15) is 0 Å². The van der Waals surface area contributed by atoms with Gasteiger partial charge in [0.2, 0.25) is 0 Å². The van der Waals surface area contributed by atoms with Crippen molar-refractivity contribution in [2.24, 2.45) is 5.92 Å². The molecule has 0 aliphatic carbocycles. The van der Waals surface area contributed by atoms with Crippen LogP contribution in [0.1, 0.15) is 47.5 Å². The fourth-order valence-corrected chi connectivity index (χ4v) is 1.77. The molecule has 2 nitrogen and oxygen atoms in total.